The molecule has 0 spiro atoms. The Labute approximate surface area is 240 Å². The normalized spacial score (nSPS) is 11.1. The minimum atomic E-state index is -1.05. The second-order valence-corrected chi connectivity index (χ2v) is 11.0. The summed E-state index contributed by atoms with van der Waals surface area (Å²) in [6, 6.07) is 30.2. The van der Waals surface area contributed by atoms with Gasteiger partial charge in [0.1, 0.15) is 5.60 Å². The van der Waals surface area contributed by atoms with Crippen LogP contribution in [-0.2, 0) is 32.2 Å². The molecule has 0 saturated carbocycles. The van der Waals surface area contributed by atoms with Crippen molar-refractivity contribution in [3.05, 3.63) is 114 Å². The Morgan fingerprint density at radius 3 is 2.10 bits per heavy atom. The molecule has 0 aliphatic carbocycles. The topological polar surface area (TPSA) is 84.0 Å². The molecule has 0 aliphatic rings. The molecule has 41 heavy (non-hydrogen) atoms. The third kappa shape index (κ3) is 7.88. The van der Waals surface area contributed by atoms with E-state index in [1.54, 1.807) is 57.0 Å². The highest BCUT2D eigenvalue weighted by Gasteiger charge is 2.28. The third-order valence-corrected chi connectivity index (χ3v) is 6.41. The number of Topliss-reactive ketones (excluding diaryl/α,β-unsaturated/α-hetero) is 1. The number of rotatable bonds is 9. The van der Waals surface area contributed by atoms with Gasteiger partial charge in [-0.05, 0) is 66.9 Å². The summed E-state index contributed by atoms with van der Waals surface area (Å²) >= 11 is 0. The van der Waals surface area contributed by atoms with E-state index in [4.69, 9.17) is 4.74 Å². The number of hydrogen-bond donors (Lipinski definition) is 0. The summed E-state index contributed by atoms with van der Waals surface area (Å²) in [7, 11) is 1.72. The van der Waals surface area contributed by atoms with Gasteiger partial charge in [-0.3, -0.25) is 14.4 Å². The molecule has 7 heteroatoms. The number of ether oxygens (including phenoxy) is 1. The summed E-state index contributed by atoms with van der Waals surface area (Å²) < 4.78 is 5.17. The first kappa shape index (κ1) is 29.2. The predicted octanol–water partition coefficient (Wildman–Crippen LogP) is 5.95. The number of esters is 1. The fraction of sp³-hybridized carbons (Fsp3) is 0.235. The molecule has 2 amide bonds. The van der Waals surface area contributed by atoms with Crippen molar-refractivity contribution in [3.63, 3.8) is 0 Å². The Kier molecular flexibility index (Phi) is 8.97. The van der Waals surface area contributed by atoms with E-state index < -0.39 is 29.7 Å². The molecule has 0 heterocycles. The van der Waals surface area contributed by atoms with Crippen molar-refractivity contribution < 1.29 is 23.9 Å². The molecule has 210 valence electrons. The SMILES string of the molecule is CN(Cc1ccccc1)C(=O)c1cccc(N(Cc2ccc3ccccc3c2)C(=O)CC(=O)C(=O)OC(C)(C)C)c1. The monoisotopic (exact) mass is 550 g/mol. The molecule has 0 fully saturated rings. The highest BCUT2D eigenvalue weighted by atomic mass is 16.6. The van der Waals surface area contributed by atoms with Crippen molar-refractivity contribution in [3.8, 4) is 0 Å². The van der Waals surface area contributed by atoms with Gasteiger partial charge in [0.15, 0.2) is 0 Å². The second-order valence-electron chi connectivity index (χ2n) is 11.0. The smallest absolute Gasteiger partial charge is 0.375 e. The molecule has 7 nitrogen and oxygen atoms in total. The lowest BCUT2D eigenvalue weighted by atomic mass is 10.1. The minimum Gasteiger partial charge on any atom is -0.454 e. The molecular formula is C34H34N2O5. The van der Waals surface area contributed by atoms with Gasteiger partial charge >= 0.3 is 5.97 Å². The van der Waals surface area contributed by atoms with Crippen LogP contribution in [0.15, 0.2) is 97.1 Å². The largest absolute Gasteiger partial charge is 0.454 e. The number of carbonyl (C=O) groups excluding carboxylic acids is 4. The molecule has 0 unspecified atom stereocenters. The molecule has 0 aliphatic heterocycles. The first-order valence-electron chi connectivity index (χ1n) is 13.4. The Bertz CT molecular complexity index is 1570. The Balaban J connectivity index is 1.62. The number of fused-ring (bicyclic) bond motifs is 1. The van der Waals surface area contributed by atoms with Crippen molar-refractivity contribution in [1.82, 2.24) is 4.90 Å². The van der Waals surface area contributed by atoms with Crippen LogP contribution < -0.4 is 4.90 Å². The molecule has 0 saturated heterocycles. The first-order valence-corrected chi connectivity index (χ1v) is 13.4. The lowest BCUT2D eigenvalue weighted by Gasteiger charge is -2.25. The van der Waals surface area contributed by atoms with Gasteiger partial charge in [0.05, 0.1) is 13.0 Å². The lowest BCUT2D eigenvalue weighted by Crippen LogP contribution is -2.36. The standard InChI is InChI=1S/C34H34N2O5/c1-34(2,3)41-33(40)30(37)21-31(38)36(23-25-17-18-26-13-8-9-14-27(26)19-25)29-16-10-15-28(20-29)32(39)35(4)22-24-11-6-5-7-12-24/h5-20H,21-23H2,1-4H3. The lowest BCUT2D eigenvalue weighted by molar-refractivity contribution is -0.163. The van der Waals surface area contributed by atoms with Crippen molar-refractivity contribution >= 4 is 40.0 Å². The van der Waals surface area contributed by atoms with Gasteiger partial charge in [-0.2, -0.15) is 0 Å². The summed E-state index contributed by atoms with van der Waals surface area (Å²) in [5.74, 6) is -2.76. The highest BCUT2D eigenvalue weighted by molar-refractivity contribution is 6.37. The van der Waals surface area contributed by atoms with Crippen molar-refractivity contribution in [1.29, 1.82) is 0 Å². The molecule has 0 aromatic heterocycles. The molecule has 0 bridgehead atoms. The zero-order chi connectivity index (χ0) is 29.6. The summed E-state index contributed by atoms with van der Waals surface area (Å²) in [4.78, 5) is 54.9. The predicted molar refractivity (Wildman–Crippen MR) is 159 cm³/mol. The van der Waals surface area contributed by atoms with Crippen LogP contribution in [0.5, 0.6) is 0 Å². The summed E-state index contributed by atoms with van der Waals surface area (Å²) in [6.07, 6.45) is -0.658. The van der Waals surface area contributed by atoms with Crippen LogP contribution in [-0.4, -0.2) is 41.1 Å². The molecule has 4 rings (SSSR count). The molecule has 0 radical (unpaired) electrons. The van der Waals surface area contributed by atoms with Crippen LogP contribution in [0.4, 0.5) is 5.69 Å². The van der Waals surface area contributed by atoms with Crippen LogP contribution in [0.1, 0.15) is 48.7 Å². The van der Waals surface area contributed by atoms with Gasteiger partial charge in [-0.15, -0.1) is 0 Å². The van der Waals surface area contributed by atoms with E-state index in [0.29, 0.717) is 17.8 Å². The number of amides is 2. The van der Waals surface area contributed by atoms with E-state index in [1.165, 1.54) is 4.90 Å². The maximum atomic E-state index is 13.6. The van der Waals surface area contributed by atoms with E-state index in [9.17, 15) is 19.2 Å². The number of carbonyl (C=O) groups is 4. The summed E-state index contributed by atoms with van der Waals surface area (Å²) in [5, 5.41) is 2.07. The Morgan fingerprint density at radius 2 is 1.39 bits per heavy atom. The van der Waals surface area contributed by atoms with Gasteiger partial charge in [0.25, 0.3) is 5.91 Å². The molecular weight excluding hydrogens is 516 g/mol. The van der Waals surface area contributed by atoms with Gasteiger partial charge in [-0.25, -0.2) is 4.79 Å². The van der Waals surface area contributed by atoms with Crippen molar-refractivity contribution in [2.45, 2.75) is 45.9 Å². The quantitative estimate of drug-likeness (QED) is 0.146. The number of benzene rings is 4. The summed E-state index contributed by atoms with van der Waals surface area (Å²) in [5.41, 5.74) is 1.81. The van der Waals surface area contributed by atoms with Crippen LogP contribution in [0, 0.1) is 0 Å². The van der Waals surface area contributed by atoms with Crippen molar-refractivity contribution in [2.24, 2.45) is 0 Å². The maximum absolute atomic E-state index is 13.6. The zero-order valence-corrected chi connectivity index (χ0v) is 23.8. The first-order chi connectivity index (χ1) is 19.5. The highest BCUT2D eigenvalue weighted by Crippen LogP contribution is 2.24. The van der Waals surface area contributed by atoms with Gasteiger partial charge in [-0.1, -0.05) is 72.8 Å². The van der Waals surface area contributed by atoms with Gasteiger partial charge < -0.3 is 14.5 Å². The van der Waals surface area contributed by atoms with E-state index in [-0.39, 0.29) is 12.5 Å². The number of hydrogen-bond acceptors (Lipinski definition) is 5. The molecule has 0 atom stereocenters. The third-order valence-electron chi connectivity index (χ3n) is 6.41. The Morgan fingerprint density at radius 1 is 0.707 bits per heavy atom. The zero-order valence-electron chi connectivity index (χ0n) is 23.8. The average Bonchev–Trinajstić information content (AvgIpc) is 2.95. The van der Waals surface area contributed by atoms with E-state index in [1.807, 2.05) is 72.8 Å². The van der Waals surface area contributed by atoms with Crippen LogP contribution in [0.25, 0.3) is 10.8 Å². The maximum Gasteiger partial charge on any atom is 0.375 e. The average molecular weight is 551 g/mol. The fourth-order valence-corrected chi connectivity index (χ4v) is 4.44. The van der Waals surface area contributed by atoms with Gasteiger partial charge in [0.2, 0.25) is 11.7 Å². The Hall–Kier alpha value is -4.78. The van der Waals surface area contributed by atoms with Crippen LogP contribution >= 0.6 is 0 Å². The van der Waals surface area contributed by atoms with Crippen LogP contribution in [0.3, 0.4) is 0 Å². The molecule has 4 aromatic rings. The molecule has 0 N–H and O–H groups in total. The number of ketones is 1. The number of anilines is 1. The van der Waals surface area contributed by atoms with Gasteiger partial charge in [0, 0.05) is 24.8 Å². The van der Waals surface area contributed by atoms with E-state index in [2.05, 4.69) is 0 Å². The minimum absolute atomic E-state index is 0.142. The fourth-order valence-electron chi connectivity index (χ4n) is 4.44. The summed E-state index contributed by atoms with van der Waals surface area (Å²) in [6.45, 7) is 5.53. The van der Waals surface area contributed by atoms with Crippen molar-refractivity contribution in [2.75, 3.05) is 11.9 Å². The number of nitrogens with zero attached hydrogens (tertiary/aromatic N) is 2. The van der Waals surface area contributed by atoms with Crippen LogP contribution in [0.2, 0.25) is 0 Å². The molecule has 4 aromatic carbocycles. The van der Waals surface area contributed by atoms with E-state index >= 15 is 0 Å². The second kappa shape index (κ2) is 12.6. The van der Waals surface area contributed by atoms with E-state index in [0.717, 1.165) is 21.9 Å².